The van der Waals surface area contributed by atoms with Crippen molar-refractivity contribution in [1.82, 2.24) is 14.9 Å². The fourth-order valence-corrected chi connectivity index (χ4v) is 3.21. The Hall–Kier alpha value is -2.27. The summed E-state index contributed by atoms with van der Waals surface area (Å²) in [5.74, 6) is -0.924. The van der Waals surface area contributed by atoms with Gasteiger partial charge in [0.1, 0.15) is 0 Å². The number of likely N-dealkylation sites (tertiary alicyclic amines) is 1. The number of pyridine rings is 2. The molecule has 3 heterocycles. The van der Waals surface area contributed by atoms with Crippen molar-refractivity contribution in [2.24, 2.45) is 5.92 Å². The molecule has 1 aliphatic heterocycles. The van der Waals surface area contributed by atoms with Crippen LogP contribution in [0.2, 0.25) is 0 Å². The number of aromatic nitrogens is 2. The molecule has 0 aliphatic carbocycles. The summed E-state index contributed by atoms with van der Waals surface area (Å²) < 4.78 is 0. The van der Waals surface area contributed by atoms with E-state index in [1.54, 1.807) is 0 Å². The van der Waals surface area contributed by atoms with Gasteiger partial charge in [0, 0.05) is 12.4 Å². The Kier molecular flexibility index (Phi) is 4.90. The molecule has 0 amide bonds. The standard InChI is InChI=1S/C19H23N3O2/c1-13-3-5-16(20-11-13)18(17-6-4-14(2)12-21-17)22-9-7-15(8-10-22)19(23)24/h3-6,11-12,15,18H,7-10H2,1-2H3,(H,23,24). The number of aliphatic carboxylic acids is 1. The lowest BCUT2D eigenvalue weighted by molar-refractivity contribution is -0.143. The third-order valence-corrected chi connectivity index (χ3v) is 4.67. The van der Waals surface area contributed by atoms with Crippen LogP contribution in [0.1, 0.15) is 41.4 Å². The molecule has 0 bridgehead atoms. The number of carboxylic acid groups (broad SMARTS) is 1. The van der Waals surface area contributed by atoms with Crippen LogP contribution in [0, 0.1) is 19.8 Å². The molecular formula is C19H23N3O2. The number of aryl methyl sites for hydroxylation is 2. The maximum Gasteiger partial charge on any atom is 0.306 e. The summed E-state index contributed by atoms with van der Waals surface area (Å²) >= 11 is 0. The molecule has 0 saturated carbocycles. The van der Waals surface area contributed by atoms with E-state index in [1.165, 1.54) is 0 Å². The van der Waals surface area contributed by atoms with Gasteiger partial charge in [-0.15, -0.1) is 0 Å². The summed E-state index contributed by atoms with van der Waals surface area (Å²) in [5.41, 5.74) is 4.18. The zero-order valence-corrected chi connectivity index (χ0v) is 14.1. The van der Waals surface area contributed by atoms with Crippen molar-refractivity contribution in [2.75, 3.05) is 13.1 Å². The molecule has 0 radical (unpaired) electrons. The number of hydrogen-bond acceptors (Lipinski definition) is 4. The Morgan fingerprint density at radius 2 is 1.54 bits per heavy atom. The van der Waals surface area contributed by atoms with Crippen molar-refractivity contribution in [3.63, 3.8) is 0 Å². The first kappa shape index (κ1) is 16.6. The molecule has 5 heteroatoms. The van der Waals surface area contributed by atoms with Crippen molar-refractivity contribution < 1.29 is 9.90 Å². The van der Waals surface area contributed by atoms with E-state index in [0.29, 0.717) is 12.8 Å². The molecule has 1 fully saturated rings. The molecule has 126 valence electrons. The molecule has 1 saturated heterocycles. The number of piperidine rings is 1. The summed E-state index contributed by atoms with van der Waals surface area (Å²) in [6.07, 6.45) is 5.09. The smallest absolute Gasteiger partial charge is 0.306 e. The van der Waals surface area contributed by atoms with Crippen molar-refractivity contribution in [3.8, 4) is 0 Å². The number of nitrogens with zero attached hydrogens (tertiary/aromatic N) is 3. The van der Waals surface area contributed by atoms with E-state index < -0.39 is 5.97 Å². The SMILES string of the molecule is Cc1ccc(C(c2ccc(C)cn2)N2CCC(C(=O)O)CC2)nc1. The molecule has 3 rings (SSSR count). The monoisotopic (exact) mass is 325 g/mol. The van der Waals surface area contributed by atoms with Crippen LogP contribution in [0.25, 0.3) is 0 Å². The van der Waals surface area contributed by atoms with Gasteiger partial charge in [-0.3, -0.25) is 19.7 Å². The van der Waals surface area contributed by atoms with Crippen molar-refractivity contribution in [2.45, 2.75) is 32.7 Å². The molecule has 0 spiro atoms. The molecule has 1 aliphatic rings. The molecule has 0 aromatic carbocycles. The maximum absolute atomic E-state index is 11.2. The summed E-state index contributed by atoms with van der Waals surface area (Å²) in [5, 5.41) is 9.22. The fourth-order valence-electron chi connectivity index (χ4n) is 3.21. The third-order valence-electron chi connectivity index (χ3n) is 4.67. The second kappa shape index (κ2) is 7.09. The van der Waals surface area contributed by atoms with E-state index in [-0.39, 0.29) is 12.0 Å². The fraction of sp³-hybridized carbons (Fsp3) is 0.421. The van der Waals surface area contributed by atoms with Crippen LogP contribution in [-0.2, 0) is 4.79 Å². The quantitative estimate of drug-likeness (QED) is 0.936. The highest BCUT2D eigenvalue weighted by atomic mass is 16.4. The minimum absolute atomic E-state index is 0.0269. The van der Waals surface area contributed by atoms with Gasteiger partial charge in [-0.25, -0.2) is 0 Å². The van der Waals surface area contributed by atoms with Crippen LogP contribution < -0.4 is 0 Å². The van der Waals surface area contributed by atoms with E-state index in [4.69, 9.17) is 0 Å². The highest BCUT2D eigenvalue weighted by Gasteiger charge is 2.31. The van der Waals surface area contributed by atoms with Crippen LogP contribution in [-0.4, -0.2) is 39.0 Å². The van der Waals surface area contributed by atoms with Gasteiger partial charge in [0.05, 0.1) is 23.3 Å². The van der Waals surface area contributed by atoms with Gasteiger partial charge in [0.25, 0.3) is 0 Å². The summed E-state index contributed by atoms with van der Waals surface area (Å²) in [6, 6.07) is 8.19. The van der Waals surface area contributed by atoms with Crippen LogP contribution in [0.5, 0.6) is 0 Å². The summed E-state index contributed by atoms with van der Waals surface area (Å²) in [7, 11) is 0. The Labute approximate surface area is 142 Å². The van der Waals surface area contributed by atoms with E-state index in [9.17, 15) is 9.90 Å². The molecule has 0 atom stereocenters. The van der Waals surface area contributed by atoms with Crippen LogP contribution in [0.4, 0.5) is 0 Å². The van der Waals surface area contributed by atoms with E-state index >= 15 is 0 Å². The average Bonchev–Trinajstić information content (AvgIpc) is 2.59. The Balaban J connectivity index is 1.89. The zero-order chi connectivity index (χ0) is 17.1. The van der Waals surface area contributed by atoms with Crippen LogP contribution in [0.3, 0.4) is 0 Å². The minimum Gasteiger partial charge on any atom is -0.481 e. The Morgan fingerprint density at radius 1 is 1.04 bits per heavy atom. The predicted octanol–water partition coefficient (Wildman–Crippen LogP) is 2.98. The lowest BCUT2D eigenvalue weighted by atomic mass is 9.94. The van der Waals surface area contributed by atoms with Crippen LogP contribution in [0.15, 0.2) is 36.7 Å². The van der Waals surface area contributed by atoms with Gasteiger partial charge in [0.2, 0.25) is 0 Å². The second-order valence-electron chi connectivity index (χ2n) is 6.57. The number of hydrogen-bond donors (Lipinski definition) is 1. The minimum atomic E-state index is -0.687. The predicted molar refractivity (Wildman–Crippen MR) is 91.7 cm³/mol. The van der Waals surface area contributed by atoms with Gasteiger partial charge in [-0.1, -0.05) is 12.1 Å². The molecule has 2 aromatic rings. The third kappa shape index (κ3) is 3.62. The number of carboxylic acids is 1. The van der Waals surface area contributed by atoms with E-state index in [1.807, 2.05) is 38.4 Å². The van der Waals surface area contributed by atoms with E-state index in [2.05, 4.69) is 27.0 Å². The van der Waals surface area contributed by atoms with Crippen molar-refractivity contribution >= 4 is 5.97 Å². The highest BCUT2D eigenvalue weighted by molar-refractivity contribution is 5.70. The number of rotatable bonds is 4. The van der Waals surface area contributed by atoms with Gasteiger partial charge >= 0.3 is 5.97 Å². The molecule has 24 heavy (non-hydrogen) atoms. The first-order valence-corrected chi connectivity index (χ1v) is 8.36. The Bertz CT molecular complexity index is 644. The van der Waals surface area contributed by atoms with E-state index in [0.717, 1.165) is 35.6 Å². The largest absolute Gasteiger partial charge is 0.481 e. The van der Waals surface area contributed by atoms with Gasteiger partial charge in [-0.05, 0) is 63.0 Å². The van der Waals surface area contributed by atoms with Crippen LogP contribution >= 0.6 is 0 Å². The normalized spacial score (nSPS) is 16.5. The highest BCUT2D eigenvalue weighted by Crippen LogP contribution is 2.30. The summed E-state index contributed by atoms with van der Waals surface area (Å²) in [4.78, 5) is 22.7. The second-order valence-corrected chi connectivity index (χ2v) is 6.57. The molecule has 1 N–H and O–H groups in total. The molecule has 0 unspecified atom stereocenters. The average molecular weight is 325 g/mol. The lowest BCUT2D eigenvalue weighted by Crippen LogP contribution is -2.39. The molecule has 2 aromatic heterocycles. The summed E-state index contributed by atoms with van der Waals surface area (Å²) in [6.45, 7) is 5.53. The van der Waals surface area contributed by atoms with Crippen molar-refractivity contribution in [3.05, 3.63) is 59.2 Å². The molecular weight excluding hydrogens is 302 g/mol. The first-order chi connectivity index (χ1) is 11.5. The first-order valence-electron chi connectivity index (χ1n) is 8.36. The van der Waals surface area contributed by atoms with Gasteiger partial charge in [-0.2, -0.15) is 0 Å². The zero-order valence-electron chi connectivity index (χ0n) is 14.1. The van der Waals surface area contributed by atoms with Gasteiger partial charge < -0.3 is 5.11 Å². The topological polar surface area (TPSA) is 66.3 Å². The molecule has 5 nitrogen and oxygen atoms in total. The maximum atomic E-state index is 11.2. The number of carbonyl (C=O) groups is 1. The Morgan fingerprint density at radius 3 is 1.92 bits per heavy atom. The van der Waals surface area contributed by atoms with Crippen molar-refractivity contribution in [1.29, 1.82) is 0 Å². The lowest BCUT2D eigenvalue weighted by Gasteiger charge is -2.36. The van der Waals surface area contributed by atoms with Gasteiger partial charge in [0.15, 0.2) is 0 Å².